The molecule has 1 aliphatic carbocycles. The average Bonchev–Trinajstić information content (AvgIpc) is 2.45. The highest BCUT2D eigenvalue weighted by Gasteiger charge is 2.20. The summed E-state index contributed by atoms with van der Waals surface area (Å²) in [5, 5.41) is 4.25. The third-order valence-electron chi connectivity index (χ3n) is 3.06. The zero-order valence-electron chi connectivity index (χ0n) is 8.62. The van der Waals surface area contributed by atoms with Crippen LogP contribution < -0.4 is 0 Å². The topological polar surface area (TPSA) is 17.8 Å². The first-order chi connectivity index (χ1) is 6.75. The van der Waals surface area contributed by atoms with Crippen molar-refractivity contribution < 1.29 is 0 Å². The van der Waals surface area contributed by atoms with Crippen LogP contribution in [0.1, 0.15) is 43.6 Å². The minimum absolute atomic E-state index is 0.704. The smallest absolute Gasteiger partial charge is 0.0524 e. The van der Waals surface area contributed by atoms with Gasteiger partial charge >= 0.3 is 0 Å². The average molecular weight is 257 g/mol. The Labute approximate surface area is 93.8 Å². The van der Waals surface area contributed by atoms with E-state index in [2.05, 4.69) is 27.2 Å². The van der Waals surface area contributed by atoms with Crippen LogP contribution in [-0.2, 0) is 7.05 Å². The Balaban J connectivity index is 2.08. The summed E-state index contributed by atoms with van der Waals surface area (Å²) in [6, 6.07) is 0. The maximum atomic E-state index is 4.25. The number of hydrogen-bond acceptors (Lipinski definition) is 1. The lowest BCUT2D eigenvalue weighted by Gasteiger charge is -2.13. The van der Waals surface area contributed by atoms with E-state index in [9.17, 15) is 0 Å². The van der Waals surface area contributed by atoms with Crippen LogP contribution in [0.5, 0.6) is 0 Å². The Kier molecular flexibility index (Phi) is 3.26. The van der Waals surface area contributed by atoms with Crippen molar-refractivity contribution in [1.82, 2.24) is 9.78 Å². The number of hydrogen-bond donors (Lipinski definition) is 0. The van der Waals surface area contributed by atoms with Gasteiger partial charge in [-0.25, -0.2) is 0 Å². The summed E-state index contributed by atoms with van der Waals surface area (Å²) < 4.78 is 1.91. The molecule has 0 spiro atoms. The van der Waals surface area contributed by atoms with Crippen molar-refractivity contribution >= 4 is 15.9 Å². The van der Waals surface area contributed by atoms with Crippen molar-refractivity contribution in [2.75, 3.05) is 0 Å². The second-order valence-corrected chi connectivity index (χ2v) is 5.56. The summed E-state index contributed by atoms with van der Waals surface area (Å²) in [5.74, 6) is 0.718. The van der Waals surface area contributed by atoms with Gasteiger partial charge in [0.05, 0.1) is 6.20 Å². The van der Waals surface area contributed by atoms with Crippen LogP contribution in [0.4, 0.5) is 0 Å². The van der Waals surface area contributed by atoms with E-state index in [-0.39, 0.29) is 0 Å². The van der Waals surface area contributed by atoms with Crippen LogP contribution in [0.25, 0.3) is 0 Å². The van der Waals surface area contributed by atoms with E-state index in [0.717, 1.165) is 5.92 Å². The lowest BCUT2D eigenvalue weighted by Crippen LogP contribution is -2.02. The fourth-order valence-electron chi connectivity index (χ4n) is 2.25. The van der Waals surface area contributed by atoms with E-state index in [0.29, 0.717) is 4.83 Å². The first-order valence-corrected chi connectivity index (χ1v) is 6.30. The summed E-state index contributed by atoms with van der Waals surface area (Å²) in [5.41, 5.74) is 1.42. The Morgan fingerprint density at radius 3 is 2.93 bits per heavy atom. The van der Waals surface area contributed by atoms with Crippen molar-refractivity contribution in [2.45, 2.75) is 42.8 Å². The monoisotopic (exact) mass is 256 g/mol. The maximum Gasteiger partial charge on any atom is 0.0524 e. The molecule has 2 atom stereocenters. The standard InChI is InChI=1S/C11H17BrN2/c1-14-8-10(7-13-14)9-4-2-3-5-11(12)6-9/h7-9,11H,2-6H2,1H3. The molecule has 1 aromatic rings. The molecule has 0 bridgehead atoms. The Bertz CT molecular complexity index is 295. The minimum atomic E-state index is 0.704. The number of rotatable bonds is 1. The van der Waals surface area contributed by atoms with Crippen molar-refractivity contribution in [3.05, 3.63) is 18.0 Å². The Morgan fingerprint density at radius 2 is 2.21 bits per heavy atom. The van der Waals surface area contributed by atoms with Crippen LogP contribution in [0.15, 0.2) is 12.4 Å². The number of aryl methyl sites for hydroxylation is 1. The van der Waals surface area contributed by atoms with Crippen molar-refractivity contribution in [1.29, 1.82) is 0 Å². The molecule has 0 saturated heterocycles. The first kappa shape index (κ1) is 10.2. The Morgan fingerprint density at radius 1 is 1.43 bits per heavy atom. The lowest BCUT2D eigenvalue weighted by atomic mass is 9.94. The highest BCUT2D eigenvalue weighted by Crippen LogP contribution is 2.34. The van der Waals surface area contributed by atoms with E-state index in [1.165, 1.54) is 37.7 Å². The molecule has 1 aliphatic rings. The molecule has 0 N–H and O–H groups in total. The molecule has 14 heavy (non-hydrogen) atoms. The van der Waals surface area contributed by atoms with Crippen LogP contribution >= 0.6 is 15.9 Å². The van der Waals surface area contributed by atoms with Gasteiger partial charge in [0.1, 0.15) is 0 Å². The van der Waals surface area contributed by atoms with Gasteiger partial charge in [-0.05, 0) is 30.7 Å². The van der Waals surface area contributed by atoms with Gasteiger partial charge in [0.15, 0.2) is 0 Å². The van der Waals surface area contributed by atoms with Crippen molar-refractivity contribution in [3.8, 4) is 0 Å². The summed E-state index contributed by atoms with van der Waals surface area (Å²) in [4.78, 5) is 0.704. The van der Waals surface area contributed by atoms with Crippen LogP contribution in [0.2, 0.25) is 0 Å². The molecule has 0 amide bonds. The van der Waals surface area contributed by atoms with Gasteiger partial charge < -0.3 is 0 Å². The van der Waals surface area contributed by atoms with Gasteiger partial charge in [0.25, 0.3) is 0 Å². The van der Waals surface area contributed by atoms with Crippen molar-refractivity contribution in [2.24, 2.45) is 7.05 Å². The van der Waals surface area contributed by atoms with Crippen LogP contribution in [0, 0.1) is 0 Å². The molecule has 2 unspecified atom stereocenters. The molecule has 1 aromatic heterocycles. The van der Waals surface area contributed by atoms with E-state index < -0.39 is 0 Å². The molecule has 78 valence electrons. The maximum absolute atomic E-state index is 4.25. The SMILES string of the molecule is Cn1cc(C2CCCCC(Br)C2)cn1. The summed E-state index contributed by atoms with van der Waals surface area (Å²) in [6.45, 7) is 0. The fraction of sp³-hybridized carbons (Fsp3) is 0.727. The third-order valence-corrected chi connectivity index (χ3v) is 3.89. The van der Waals surface area contributed by atoms with E-state index in [1.807, 2.05) is 17.9 Å². The summed E-state index contributed by atoms with van der Waals surface area (Å²) in [6.07, 6.45) is 10.8. The molecular weight excluding hydrogens is 240 g/mol. The molecule has 1 fully saturated rings. The van der Waals surface area contributed by atoms with E-state index >= 15 is 0 Å². The highest BCUT2D eigenvalue weighted by molar-refractivity contribution is 9.09. The van der Waals surface area contributed by atoms with Gasteiger partial charge in [0.2, 0.25) is 0 Å². The van der Waals surface area contributed by atoms with E-state index in [1.54, 1.807) is 0 Å². The molecule has 1 saturated carbocycles. The lowest BCUT2D eigenvalue weighted by molar-refractivity contribution is 0.599. The molecule has 2 rings (SSSR count). The molecule has 3 heteroatoms. The zero-order chi connectivity index (χ0) is 9.97. The van der Waals surface area contributed by atoms with Gasteiger partial charge in [-0.3, -0.25) is 4.68 Å². The summed E-state index contributed by atoms with van der Waals surface area (Å²) in [7, 11) is 1.99. The molecule has 2 nitrogen and oxygen atoms in total. The normalized spacial score (nSPS) is 28.7. The molecular formula is C11H17BrN2. The summed E-state index contributed by atoms with van der Waals surface area (Å²) >= 11 is 3.76. The molecule has 0 aliphatic heterocycles. The number of aromatic nitrogens is 2. The van der Waals surface area contributed by atoms with Gasteiger partial charge in [-0.1, -0.05) is 28.8 Å². The largest absolute Gasteiger partial charge is 0.276 e. The van der Waals surface area contributed by atoms with Crippen LogP contribution in [-0.4, -0.2) is 14.6 Å². The molecule has 0 aromatic carbocycles. The van der Waals surface area contributed by atoms with Gasteiger partial charge in [-0.2, -0.15) is 5.10 Å². The van der Waals surface area contributed by atoms with Crippen molar-refractivity contribution in [3.63, 3.8) is 0 Å². The number of alkyl halides is 1. The fourth-order valence-corrected chi connectivity index (χ4v) is 3.03. The first-order valence-electron chi connectivity index (χ1n) is 5.38. The molecule has 1 heterocycles. The molecule has 0 radical (unpaired) electrons. The Hall–Kier alpha value is -0.310. The number of nitrogens with zero attached hydrogens (tertiary/aromatic N) is 2. The predicted octanol–water partition coefficient (Wildman–Crippen LogP) is 3.23. The minimum Gasteiger partial charge on any atom is -0.276 e. The second-order valence-electron chi connectivity index (χ2n) is 4.26. The highest BCUT2D eigenvalue weighted by atomic mass is 79.9. The van der Waals surface area contributed by atoms with Gasteiger partial charge in [-0.15, -0.1) is 0 Å². The predicted molar refractivity (Wildman–Crippen MR) is 61.7 cm³/mol. The van der Waals surface area contributed by atoms with E-state index in [4.69, 9.17) is 0 Å². The number of halogens is 1. The quantitative estimate of drug-likeness (QED) is 0.558. The second kappa shape index (κ2) is 4.47. The zero-order valence-corrected chi connectivity index (χ0v) is 10.2. The third kappa shape index (κ3) is 2.38. The van der Waals surface area contributed by atoms with Gasteiger partial charge in [0, 0.05) is 18.1 Å². The van der Waals surface area contributed by atoms with Crippen LogP contribution in [0.3, 0.4) is 0 Å².